The van der Waals surface area contributed by atoms with Gasteiger partial charge in [-0.25, -0.2) is 9.97 Å². The lowest BCUT2D eigenvalue weighted by Crippen LogP contribution is -2.13. The van der Waals surface area contributed by atoms with E-state index in [9.17, 15) is 0 Å². The fourth-order valence-electron chi connectivity index (χ4n) is 2.03. The van der Waals surface area contributed by atoms with E-state index in [4.69, 9.17) is 5.73 Å². The SMILES string of the molecule is NC(Cc1ccccc1)c1csc(Nc2ccccn2)n1. The van der Waals surface area contributed by atoms with Crippen LogP contribution in [0.15, 0.2) is 60.1 Å². The number of hydrogen-bond donors (Lipinski definition) is 2. The number of pyridine rings is 1. The zero-order valence-electron chi connectivity index (χ0n) is 11.4. The number of rotatable bonds is 5. The van der Waals surface area contributed by atoms with Crippen molar-refractivity contribution in [3.63, 3.8) is 0 Å². The molecule has 2 aromatic heterocycles. The molecular formula is C16H16N4S. The van der Waals surface area contributed by atoms with Crippen molar-refractivity contribution in [1.82, 2.24) is 9.97 Å². The van der Waals surface area contributed by atoms with E-state index in [2.05, 4.69) is 27.4 Å². The van der Waals surface area contributed by atoms with E-state index in [-0.39, 0.29) is 6.04 Å². The fourth-order valence-corrected chi connectivity index (χ4v) is 2.81. The number of thiazole rings is 1. The Morgan fingerprint density at radius 3 is 2.67 bits per heavy atom. The maximum Gasteiger partial charge on any atom is 0.188 e. The van der Waals surface area contributed by atoms with Gasteiger partial charge in [0, 0.05) is 11.6 Å². The van der Waals surface area contributed by atoms with Crippen LogP contribution in [0.4, 0.5) is 10.9 Å². The Bertz CT molecular complexity index is 682. The minimum absolute atomic E-state index is 0.0945. The number of aromatic nitrogens is 2. The molecule has 3 N–H and O–H groups in total. The first-order valence-electron chi connectivity index (χ1n) is 6.74. The van der Waals surface area contributed by atoms with Gasteiger partial charge in [-0.1, -0.05) is 36.4 Å². The summed E-state index contributed by atoms with van der Waals surface area (Å²) in [6.07, 6.45) is 2.53. The molecule has 0 radical (unpaired) electrons. The van der Waals surface area contributed by atoms with E-state index < -0.39 is 0 Å². The van der Waals surface area contributed by atoms with Crippen LogP contribution in [-0.4, -0.2) is 9.97 Å². The molecule has 0 fully saturated rings. The number of nitrogens with one attached hydrogen (secondary N) is 1. The van der Waals surface area contributed by atoms with Crippen molar-refractivity contribution in [2.75, 3.05) is 5.32 Å². The van der Waals surface area contributed by atoms with Gasteiger partial charge in [0.1, 0.15) is 5.82 Å². The molecule has 0 saturated carbocycles. The minimum Gasteiger partial charge on any atom is -0.322 e. The molecule has 0 aliphatic rings. The summed E-state index contributed by atoms with van der Waals surface area (Å²) >= 11 is 1.54. The number of benzene rings is 1. The highest BCUT2D eigenvalue weighted by molar-refractivity contribution is 7.13. The van der Waals surface area contributed by atoms with Crippen molar-refractivity contribution in [2.45, 2.75) is 12.5 Å². The van der Waals surface area contributed by atoms with E-state index in [1.165, 1.54) is 5.56 Å². The first-order valence-corrected chi connectivity index (χ1v) is 7.62. The first kappa shape index (κ1) is 13.7. The third kappa shape index (κ3) is 3.65. The molecule has 0 saturated heterocycles. The predicted octanol–water partition coefficient (Wildman–Crippen LogP) is 3.52. The zero-order chi connectivity index (χ0) is 14.5. The van der Waals surface area contributed by atoms with Crippen molar-refractivity contribution < 1.29 is 0 Å². The minimum atomic E-state index is -0.0945. The number of hydrogen-bond acceptors (Lipinski definition) is 5. The molecule has 21 heavy (non-hydrogen) atoms. The van der Waals surface area contributed by atoms with E-state index in [1.54, 1.807) is 17.5 Å². The maximum absolute atomic E-state index is 6.23. The van der Waals surface area contributed by atoms with Gasteiger partial charge in [-0.15, -0.1) is 11.3 Å². The van der Waals surface area contributed by atoms with Crippen LogP contribution in [-0.2, 0) is 6.42 Å². The van der Waals surface area contributed by atoms with Crippen molar-refractivity contribution in [3.05, 3.63) is 71.4 Å². The molecule has 0 aliphatic heterocycles. The van der Waals surface area contributed by atoms with Gasteiger partial charge in [0.2, 0.25) is 0 Å². The molecule has 0 amide bonds. The van der Waals surface area contributed by atoms with Gasteiger partial charge >= 0.3 is 0 Å². The molecule has 3 rings (SSSR count). The van der Waals surface area contributed by atoms with Crippen molar-refractivity contribution in [3.8, 4) is 0 Å². The summed E-state index contributed by atoms with van der Waals surface area (Å²) in [5.41, 5.74) is 8.36. The zero-order valence-corrected chi connectivity index (χ0v) is 12.3. The van der Waals surface area contributed by atoms with Crippen LogP contribution in [0.25, 0.3) is 0 Å². The lowest BCUT2D eigenvalue weighted by Gasteiger charge is -2.08. The first-order chi connectivity index (χ1) is 10.3. The fraction of sp³-hybridized carbons (Fsp3) is 0.125. The number of anilines is 2. The van der Waals surface area contributed by atoms with Gasteiger partial charge in [0.25, 0.3) is 0 Å². The highest BCUT2D eigenvalue weighted by Gasteiger charge is 2.11. The molecule has 5 heteroatoms. The second-order valence-electron chi connectivity index (χ2n) is 4.71. The van der Waals surface area contributed by atoms with Crippen LogP contribution in [0.3, 0.4) is 0 Å². The van der Waals surface area contributed by atoms with Gasteiger partial charge in [-0.2, -0.15) is 0 Å². The second-order valence-corrected chi connectivity index (χ2v) is 5.57. The summed E-state index contributed by atoms with van der Waals surface area (Å²) in [5, 5.41) is 5.99. The normalized spacial score (nSPS) is 12.0. The summed E-state index contributed by atoms with van der Waals surface area (Å²) in [6.45, 7) is 0. The maximum atomic E-state index is 6.23. The standard InChI is InChI=1S/C16H16N4S/c17-13(10-12-6-2-1-3-7-12)14-11-21-16(19-14)20-15-8-4-5-9-18-15/h1-9,11,13H,10,17H2,(H,18,19,20). The Hall–Kier alpha value is -2.24. The average Bonchev–Trinajstić information content (AvgIpc) is 2.98. The Labute approximate surface area is 127 Å². The van der Waals surface area contributed by atoms with Crippen LogP contribution in [0, 0.1) is 0 Å². The average molecular weight is 296 g/mol. The smallest absolute Gasteiger partial charge is 0.188 e. The number of nitrogens with zero attached hydrogens (tertiary/aromatic N) is 2. The van der Waals surface area contributed by atoms with Gasteiger partial charge in [-0.05, 0) is 24.1 Å². The highest BCUT2D eigenvalue weighted by atomic mass is 32.1. The Kier molecular flexibility index (Phi) is 4.23. The Morgan fingerprint density at radius 1 is 1.10 bits per heavy atom. The van der Waals surface area contributed by atoms with Gasteiger partial charge in [0.05, 0.1) is 11.7 Å². The largest absolute Gasteiger partial charge is 0.322 e. The third-order valence-electron chi connectivity index (χ3n) is 3.10. The van der Waals surface area contributed by atoms with Gasteiger partial charge in [-0.3, -0.25) is 0 Å². The third-order valence-corrected chi connectivity index (χ3v) is 3.88. The molecule has 0 bridgehead atoms. The van der Waals surface area contributed by atoms with Crippen LogP contribution in [0.1, 0.15) is 17.3 Å². The van der Waals surface area contributed by atoms with E-state index in [1.807, 2.05) is 41.8 Å². The summed E-state index contributed by atoms with van der Waals surface area (Å²) in [5.74, 6) is 0.787. The summed E-state index contributed by atoms with van der Waals surface area (Å²) in [4.78, 5) is 8.76. The Morgan fingerprint density at radius 2 is 1.90 bits per heavy atom. The molecule has 2 heterocycles. The topological polar surface area (TPSA) is 63.8 Å². The molecule has 1 aromatic carbocycles. The van der Waals surface area contributed by atoms with E-state index in [0.717, 1.165) is 23.1 Å². The molecule has 1 unspecified atom stereocenters. The van der Waals surface area contributed by atoms with Crippen LogP contribution < -0.4 is 11.1 Å². The highest BCUT2D eigenvalue weighted by Crippen LogP contribution is 2.24. The predicted molar refractivity (Wildman–Crippen MR) is 86.7 cm³/mol. The molecule has 3 aromatic rings. The quantitative estimate of drug-likeness (QED) is 0.756. The van der Waals surface area contributed by atoms with Crippen LogP contribution in [0.2, 0.25) is 0 Å². The molecule has 0 aliphatic carbocycles. The lowest BCUT2D eigenvalue weighted by molar-refractivity contribution is 0.702. The monoisotopic (exact) mass is 296 g/mol. The summed E-state index contributed by atoms with van der Waals surface area (Å²) < 4.78 is 0. The Balaban J connectivity index is 1.67. The van der Waals surface area contributed by atoms with Crippen molar-refractivity contribution in [1.29, 1.82) is 0 Å². The van der Waals surface area contributed by atoms with Crippen LogP contribution >= 0.6 is 11.3 Å². The molecule has 106 valence electrons. The summed E-state index contributed by atoms with van der Waals surface area (Å²) in [7, 11) is 0. The van der Waals surface area contributed by atoms with Gasteiger partial charge in [0.15, 0.2) is 5.13 Å². The molecule has 1 atom stereocenters. The van der Waals surface area contributed by atoms with Crippen LogP contribution in [0.5, 0.6) is 0 Å². The second kappa shape index (κ2) is 6.47. The van der Waals surface area contributed by atoms with Gasteiger partial charge < -0.3 is 11.1 Å². The molecule has 0 spiro atoms. The number of nitrogens with two attached hydrogens (primary N) is 1. The summed E-state index contributed by atoms with van der Waals surface area (Å²) in [6, 6.07) is 15.9. The molecule has 4 nitrogen and oxygen atoms in total. The van der Waals surface area contributed by atoms with E-state index >= 15 is 0 Å². The van der Waals surface area contributed by atoms with Crippen molar-refractivity contribution in [2.24, 2.45) is 5.73 Å². The molecular weight excluding hydrogens is 280 g/mol. The van der Waals surface area contributed by atoms with E-state index in [0.29, 0.717) is 0 Å². The van der Waals surface area contributed by atoms with Crippen molar-refractivity contribution >= 4 is 22.3 Å². The lowest BCUT2D eigenvalue weighted by atomic mass is 10.1.